The first kappa shape index (κ1) is 14.6. The van der Waals surface area contributed by atoms with Crippen LogP contribution in [0.15, 0.2) is 48.5 Å². The maximum Gasteiger partial charge on any atom is 0.417 e. The molecule has 106 valence electrons. The molecule has 0 radical (unpaired) electrons. The normalized spacial score (nSPS) is 11.9. The van der Waals surface area contributed by atoms with Crippen molar-refractivity contribution in [3.8, 4) is 11.1 Å². The van der Waals surface area contributed by atoms with E-state index in [1.54, 1.807) is 18.2 Å². The Bertz CT molecular complexity index is 566. The van der Waals surface area contributed by atoms with Gasteiger partial charge in [0.05, 0.1) is 5.56 Å². The van der Waals surface area contributed by atoms with Crippen molar-refractivity contribution in [2.24, 2.45) is 5.92 Å². The van der Waals surface area contributed by atoms with Gasteiger partial charge in [0.15, 0.2) is 0 Å². The first-order valence-electron chi connectivity index (χ1n) is 6.63. The smallest absolute Gasteiger partial charge is 0.166 e. The Morgan fingerprint density at radius 2 is 1.50 bits per heavy atom. The maximum absolute atomic E-state index is 13.0. The molecule has 0 aromatic heterocycles. The molecule has 0 N–H and O–H groups in total. The summed E-state index contributed by atoms with van der Waals surface area (Å²) in [6.07, 6.45) is -3.39. The number of rotatable bonds is 3. The van der Waals surface area contributed by atoms with Crippen molar-refractivity contribution >= 4 is 0 Å². The van der Waals surface area contributed by atoms with Gasteiger partial charge in [-0.2, -0.15) is 13.2 Å². The van der Waals surface area contributed by atoms with E-state index in [9.17, 15) is 13.2 Å². The van der Waals surface area contributed by atoms with Gasteiger partial charge in [0.2, 0.25) is 0 Å². The molecule has 0 bridgehead atoms. The lowest BCUT2D eigenvalue weighted by Crippen LogP contribution is -2.06. The molecule has 0 heterocycles. The highest BCUT2D eigenvalue weighted by atomic mass is 19.4. The zero-order valence-corrected chi connectivity index (χ0v) is 11.5. The van der Waals surface area contributed by atoms with Gasteiger partial charge in [0.1, 0.15) is 0 Å². The molecule has 0 saturated carbocycles. The lowest BCUT2D eigenvalue weighted by molar-refractivity contribution is -0.137. The zero-order valence-electron chi connectivity index (χ0n) is 11.5. The molecule has 20 heavy (non-hydrogen) atoms. The van der Waals surface area contributed by atoms with Gasteiger partial charge in [0, 0.05) is 0 Å². The Morgan fingerprint density at radius 3 is 2.05 bits per heavy atom. The second kappa shape index (κ2) is 5.70. The minimum Gasteiger partial charge on any atom is -0.166 e. The third kappa shape index (κ3) is 3.41. The average Bonchev–Trinajstić information content (AvgIpc) is 2.38. The summed E-state index contributed by atoms with van der Waals surface area (Å²) >= 11 is 0. The van der Waals surface area contributed by atoms with Crippen LogP contribution in [0.25, 0.3) is 11.1 Å². The first-order valence-corrected chi connectivity index (χ1v) is 6.63. The minimum atomic E-state index is -4.33. The fraction of sp³-hybridized carbons (Fsp3) is 0.294. The summed E-state index contributed by atoms with van der Waals surface area (Å²) in [6, 6.07) is 13.0. The van der Waals surface area contributed by atoms with E-state index in [1.807, 2.05) is 12.1 Å². The molecule has 2 aromatic carbocycles. The van der Waals surface area contributed by atoms with E-state index in [0.717, 1.165) is 18.1 Å². The second-order valence-electron chi connectivity index (χ2n) is 5.34. The van der Waals surface area contributed by atoms with E-state index in [1.165, 1.54) is 12.1 Å². The van der Waals surface area contributed by atoms with Crippen LogP contribution in [-0.2, 0) is 12.6 Å². The number of alkyl halides is 3. The summed E-state index contributed by atoms with van der Waals surface area (Å²) in [6.45, 7) is 4.24. The third-order valence-electron chi connectivity index (χ3n) is 3.14. The van der Waals surface area contributed by atoms with E-state index in [0.29, 0.717) is 11.5 Å². The van der Waals surface area contributed by atoms with Gasteiger partial charge in [-0.3, -0.25) is 0 Å². The molecule has 0 atom stereocenters. The van der Waals surface area contributed by atoms with Crippen LogP contribution in [0.4, 0.5) is 13.2 Å². The number of hydrogen-bond donors (Lipinski definition) is 0. The van der Waals surface area contributed by atoms with Crippen LogP contribution in [-0.4, -0.2) is 0 Å². The highest BCUT2D eigenvalue weighted by Crippen LogP contribution is 2.36. The Balaban J connectivity index is 2.37. The van der Waals surface area contributed by atoms with Crippen LogP contribution in [0.5, 0.6) is 0 Å². The van der Waals surface area contributed by atoms with Crippen LogP contribution in [0.3, 0.4) is 0 Å². The standard InChI is InChI=1S/C17H17F3/c1-12(2)11-13-7-9-14(10-8-13)15-5-3-4-6-16(15)17(18,19)20/h3-10,12H,11H2,1-2H3. The van der Waals surface area contributed by atoms with Crippen LogP contribution in [0, 0.1) is 5.92 Å². The topological polar surface area (TPSA) is 0 Å². The quantitative estimate of drug-likeness (QED) is 0.688. The summed E-state index contributed by atoms with van der Waals surface area (Å²) in [5.41, 5.74) is 1.39. The Hall–Kier alpha value is -1.77. The molecule has 3 heteroatoms. The molecule has 2 aromatic rings. The van der Waals surface area contributed by atoms with Gasteiger partial charge in [-0.25, -0.2) is 0 Å². The summed E-state index contributed by atoms with van der Waals surface area (Å²) < 4.78 is 39.0. The predicted octanol–water partition coefficient (Wildman–Crippen LogP) is 5.57. The summed E-state index contributed by atoms with van der Waals surface area (Å²) in [5, 5.41) is 0. The summed E-state index contributed by atoms with van der Waals surface area (Å²) in [5.74, 6) is 0.531. The molecular weight excluding hydrogens is 261 g/mol. The Labute approximate surface area is 117 Å². The molecule has 0 aliphatic carbocycles. The van der Waals surface area contributed by atoms with Crippen molar-refractivity contribution in [2.45, 2.75) is 26.4 Å². The van der Waals surface area contributed by atoms with Gasteiger partial charge in [-0.05, 0) is 35.1 Å². The van der Waals surface area contributed by atoms with Crippen molar-refractivity contribution in [3.63, 3.8) is 0 Å². The largest absolute Gasteiger partial charge is 0.417 e. The van der Waals surface area contributed by atoms with Crippen LogP contribution in [0.1, 0.15) is 25.0 Å². The van der Waals surface area contributed by atoms with E-state index in [4.69, 9.17) is 0 Å². The molecule has 2 rings (SSSR count). The fourth-order valence-corrected chi connectivity index (χ4v) is 2.27. The lowest BCUT2D eigenvalue weighted by atomic mass is 9.96. The van der Waals surface area contributed by atoms with E-state index in [-0.39, 0.29) is 5.56 Å². The molecule has 0 fully saturated rings. The van der Waals surface area contributed by atoms with Gasteiger partial charge in [-0.15, -0.1) is 0 Å². The lowest BCUT2D eigenvalue weighted by Gasteiger charge is -2.13. The van der Waals surface area contributed by atoms with Crippen LogP contribution in [0.2, 0.25) is 0 Å². The molecule has 0 spiro atoms. The molecule has 0 nitrogen and oxygen atoms in total. The number of benzene rings is 2. The molecule has 0 unspecified atom stereocenters. The summed E-state index contributed by atoms with van der Waals surface area (Å²) in [7, 11) is 0. The maximum atomic E-state index is 13.0. The predicted molar refractivity (Wildman–Crippen MR) is 75.4 cm³/mol. The van der Waals surface area contributed by atoms with Gasteiger partial charge in [-0.1, -0.05) is 56.3 Å². The highest BCUT2D eigenvalue weighted by Gasteiger charge is 2.33. The van der Waals surface area contributed by atoms with Crippen molar-refractivity contribution in [3.05, 3.63) is 59.7 Å². The van der Waals surface area contributed by atoms with E-state index < -0.39 is 11.7 Å². The van der Waals surface area contributed by atoms with E-state index in [2.05, 4.69) is 13.8 Å². The monoisotopic (exact) mass is 278 g/mol. The van der Waals surface area contributed by atoms with Gasteiger partial charge in [0.25, 0.3) is 0 Å². The molecule has 0 amide bonds. The highest BCUT2D eigenvalue weighted by molar-refractivity contribution is 5.68. The molecule has 0 aliphatic rings. The average molecular weight is 278 g/mol. The molecule has 0 saturated heterocycles. The molecular formula is C17H17F3. The van der Waals surface area contributed by atoms with Crippen LogP contribution < -0.4 is 0 Å². The van der Waals surface area contributed by atoms with Crippen molar-refractivity contribution < 1.29 is 13.2 Å². The van der Waals surface area contributed by atoms with Gasteiger partial charge < -0.3 is 0 Å². The Kier molecular flexibility index (Phi) is 4.17. The fourth-order valence-electron chi connectivity index (χ4n) is 2.27. The summed E-state index contributed by atoms with van der Waals surface area (Å²) in [4.78, 5) is 0. The van der Waals surface area contributed by atoms with Gasteiger partial charge >= 0.3 is 6.18 Å². The van der Waals surface area contributed by atoms with Crippen molar-refractivity contribution in [1.82, 2.24) is 0 Å². The first-order chi connectivity index (χ1) is 9.38. The van der Waals surface area contributed by atoms with Crippen LogP contribution >= 0.6 is 0 Å². The third-order valence-corrected chi connectivity index (χ3v) is 3.14. The minimum absolute atomic E-state index is 0.232. The SMILES string of the molecule is CC(C)Cc1ccc(-c2ccccc2C(F)(F)F)cc1. The zero-order chi connectivity index (χ0) is 14.8. The number of hydrogen-bond acceptors (Lipinski definition) is 0. The van der Waals surface area contributed by atoms with Crippen molar-refractivity contribution in [1.29, 1.82) is 0 Å². The molecule has 0 aliphatic heterocycles. The second-order valence-corrected chi connectivity index (χ2v) is 5.34. The van der Waals surface area contributed by atoms with Crippen molar-refractivity contribution in [2.75, 3.05) is 0 Å². The Morgan fingerprint density at radius 1 is 0.900 bits per heavy atom. The van der Waals surface area contributed by atoms with E-state index >= 15 is 0 Å². The number of halogens is 3.